The van der Waals surface area contributed by atoms with Gasteiger partial charge in [-0.1, -0.05) is 24.3 Å². The Morgan fingerprint density at radius 3 is 2.58 bits per heavy atom. The second-order valence-electron chi connectivity index (χ2n) is 4.64. The SMILES string of the molecule is CC(=O)c1ccc(NCc2ccccc2C)cc1N. The first-order chi connectivity index (χ1) is 9.08. The van der Waals surface area contributed by atoms with Crippen LogP contribution in [0.25, 0.3) is 0 Å². The minimum absolute atomic E-state index is 0.0112. The first-order valence-corrected chi connectivity index (χ1v) is 6.27. The van der Waals surface area contributed by atoms with Crippen molar-refractivity contribution in [2.24, 2.45) is 0 Å². The van der Waals surface area contributed by atoms with Crippen LogP contribution in [0.5, 0.6) is 0 Å². The zero-order valence-corrected chi connectivity index (χ0v) is 11.2. The highest BCUT2D eigenvalue weighted by Crippen LogP contribution is 2.19. The summed E-state index contributed by atoms with van der Waals surface area (Å²) in [4.78, 5) is 11.3. The maximum Gasteiger partial charge on any atom is 0.161 e. The molecule has 0 amide bonds. The lowest BCUT2D eigenvalue weighted by Gasteiger charge is -2.10. The second kappa shape index (κ2) is 5.57. The van der Waals surface area contributed by atoms with Crippen molar-refractivity contribution in [1.82, 2.24) is 0 Å². The normalized spacial score (nSPS) is 10.2. The summed E-state index contributed by atoms with van der Waals surface area (Å²) in [6, 6.07) is 13.7. The van der Waals surface area contributed by atoms with Crippen LogP contribution in [0.15, 0.2) is 42.5 Å². The van der Waals surface area contributed by atoms with E-state index in [-0.39, 0.29) is 5.78 Å². The van der Waals surface area contributed by atoms with E-state index in [1.807, 2.05) is 18.2 Å². The highest BCUT2D eigenvalue weighted by molar-refractivity contribution is 5.99. The summed E-state index contributed by atoms with van der Waals surface area (Å²) in [5, 5.41) is 3.32. The van der Waals surface area contributed by atoms with Crippen LogP contribution in [-0.2, 0) is 6.54 Å². The molecule has 2 rings (SSSR count). The van der Waals surface area contributed by atoms with E-state index in [9.17, 15) is 4.79 Å². The smallest absolute Gasteiger partial charge is 0.161 e. The van der Waals surface area contributed by atoms with Gasteiger partial charge in [-0.15, -0.1) is 0 Å². The van der Waals surface area contributed by atoms with Crippen LogP contribution < -0.4 is 11.1 Å². The van der Waals surface area contributed by atoms with Gasteiger partial charge in [0, 0.05) is 23.5 Å². The van der Waals surface area contributed by atoms with Crippen LogP contribution in [0.1, 0.15) is 28.4 Å². The minimum Gasteiger partial charge on any atom is -0.398 e. The molecule has 0 bridgehead atoms. The standard InChI is InChI=1S/C16H18N2O/c1-11-5-3-4-6-13(11)10-18-14-7-8-15(12(2)19)16(17)9-14/h3-9,18H,10,17H2,1-2H3. The van der Waals surface area contributed by atoms with Gasteiger partial charge in [-0.2, -0.15) is 0 Å². The van der Waals surface area contributed by atoms with E-state index in [0.717, 1.165) is 12.2 Å². The van der Waals surface area contributed by atoms with Crippen LogP contribution in [0, 0.1) is 6.92 Å². The summed E-state index contributed by atoms with van der Waals surface area (Å²) in [6.07, 6.45) is 0. The summed E-state index contributed by atoms with van der Waals surface area (Å²) in [7, 11) is 0. The molecule has 0 atom stereocenters. The summed E-state index contributed by atoms with van der Waals surface area (Å²) >= 11 is 0. The highest BCUT2D eigenvalue weighted by atomic mass is 16.1. The van der Waals surface area contributed by atoms with Crippen LogP contribution in [-0.4, -0.2) is 5.78 Å². The van der Waals surface area contributed by atoms with Crippen LogP contribution in [0.4, 0.5) is 11.4 Å². The number of nitrogens with two attached hydrogens (primary N) is 1. The maximum atomic E-state index is 11.3. The Labute approximate surface area is 113 Å². The van der Waals surface area contributed by atoms with Crippen molar-refractivity contribution in [3.8, 4) is 0 Å². The van der Waals surface area contributed by atoms with Gasteiger partial charge < -0.3 is 11.1 Å². The van der Waals surface area contributed by atoms with Gasteiger partial charge in [-0.05, 0) is 43.2 Å². The molecule has 2 aromatic rings. The van der Waals surface area contributed by atoms with Gasteiger partial charge in [-0.3, -0.25) is 4.79 Å². The Balaban J connectivity index is 2.11. The molecule has 0 unspecified atom stereocenters. The number of carbonyl (C=O) groups is 1. The van der Waals surface area contributed by atoms with E-state index >= 15 is 0 Å². The third-order valence-electron chi connectivity index (χ3n) is 3.18. The fourth-order valence-electron chi connectivity index (χ4n) is 2.00. The van der Waals surface area contributed by atoms with Gasteiger partial charge in [-0.25, -0.2) is 0 Å². The lowest BCUT2D eigenvalue weighted by molar-refractivity contribution is 0.101. The van der Waals surface area contributed by atoms with Gasteiger partial charge in [0.2, 0.25) is 0 Å². The lowest BCUT2D eigenvalue weighted by atomic mass is 10.1. The predicted molar refractivity (Wildman–Crippen MR) is 79.4 cm³/mol. The van der Waals surface area contributed by atoms with Gasteiger partial charge in [0.15, 0.2) is 5.78 Å². The van der Waals surface area contributed by atoms with E-state index in [2.05, 4.69) is 24.4 Å². The zero-order chi connectivity index (χ0) is 13.8. The number of nitrogen functional groups attached to an aromatic ring is 1. The number of nitrogens with one attached hydrogen (secondary N) is 1. The molecule has 0 saturated carbocycles. The number of aryl methyl sites for hydroxylation is 1. The Kier molecular flexibility index (Phi) is 3.85. The minimum atomic E-state index is -0.0112. The van der Waals surface area contributed by atoms with Crippen molar-refractivity contribution in [1.29, 1.82) is 0 Å². The molecule has 3 N–H and O–H groups in total. The van der Waals surface area contributed by atoms with E-state index in [0.29, 0.717) is 11.3 Å². The third kappa shape index (κ3) is 3.13. The first-order valence-electron chi connectivity index (χ1n) is 6.27. The van der Waals surface area contributed by atoms with E-state index in [1.54, 1.807) is 12.1 Å². The molecule has 0 saturated heterocycles. The number of ketones is 1. The Morgan fingerprint density at radius 1 is 1.21 bits per heavy atom. The molecular formula is C16H18N2O. The van der Waals surface area contributed by atoms with Crippen molar-refractivity contribution in [3.05, 3.63) is 59.2 Å². The van der Waals surface area contributed by atoms with E-state index in [1.165, 1.54) is 18.1 Å². The molecule has 3 nitrogen and oxygen atoms in total. The molecular weight excluding hydrogens is 236 g/mol. The topological polar surface area (TPSA) is 55.1 Å². The van der Waals surface area contributed by atoms with Crippen molar-refractivity contribution >= 4 is 17.2 Å². The average Bonchev–Trinajstić information content (AvgIpc) is 2.37. The van der Waals surface area contributed by atoms with Gasteiger partial charge in [0.05, 0.1) is 0 Å². The summed E-state index contributed by atoms with van der Waals surface area (Å²) in [5.41, 5.74) is 10.4. The summed E-state index contributed by atoms with van der Waals surface area (Å²) in [5.74, 6) is -0.0112. The third-order valence-corrected chi connectivity index (χ3v) is 3.18. The number of hydrogen-bond donors (Lipinski definition) is 2. The van der Waals surface area contributed by atoms with Gasteiger partial charge in [0.1, 0.15) is 0 Å². The Bertz CT molecular complexity index is 605. The summed E-state index contributed by atoms with van der Waals surface area (Å²) < 4.78 is 0. The molecule has 0 aromatic heterocycles. The van der Waals surface area contributed by atoms with E-state index < -0.39 is 0 Å². The lowest BCUT2D eigenvalue weighted by Crippen LogP contribution is -2.04. The second-order valence-corrected chi connectivity index (χ2v) is 4.64. The van der Waals surface area contributed by atoms with Crippen molar-refractivity contribution in [2.75, 3.05) is 11.1 Å². The number of benzene rings is 2. The molecule has 0 aliphatic rings. The average molecular weight is 254 g/mol. The van der Waals surface area contributed by atoms with Crippen molar-refractivity contribution in [2.45, 2.75) is 20.4 Å². The molecule has 0 aliphatic carbocycles. The molecule has 0 aliphatic heterocycles. The predicted octanol–water partition coefficient (Wildman–Crippen LogP) is 3.39. The number of anilines is 2. The highest BCUT2D eigenvalue weighted by Gasteiger charge is 2.05. The van der Waals surface area contributed by atoms with Crippen molar-refractivity contribution < 1.29 is 4.79 Å². The molecule has 0 heterocycles. The first kappa shape index (κ1) is 13.1. The number of carbonyl (C=O) groups excluding carboxylic acids is 1. The van der Waals surface area contributed by atoms with Crippen LogP contribution in [0.3, 0.4) is 0 Å². The zero-order valence-electron chi connectivity index (χ0n) is 11.2. The molecule has 98 valence electrons. The fraction of sp³-hybridized carbons (Fsp3) is 0.188. The van der Waals surface area contributed by atoms with E-state index in [4.69, 9.17) is 5.73 Å². The number of hydrogen-bond acceptors (Lipinski definition) is 3. The summed E-state index contributed by atoms with van der Waals surface area (Å²) in [6.45, 7) is 4.35. The Morgan fingerprint density at radius 2 is 1.95 bits per heavy atom. The number of Topliss-reactive ketones (excluding diaryl/α,β-unsaturated/α-hetero) is 1. The van der Waals surface area contributed by atoms with Gasteiger partial charge >= 0.3 is 0 Å². The molecule has 0 radical (unpaired) electrons. The largest absolute Gasteiger partial charge is 0.398 e. The van der Waals surface area contributed by atoms with Gasteiger partial charge in [0.25, 0.3) is 0 Å². The quantitative estimate of drug-likeness (QED) is 0.649. The molecule has 0 spiro atoms. The molecule has 3 heteroatoms. The van der Waals surface area contributed by atoms with Crippen molar-refractivity contribution in [3.63, 3.8) is 0 Å². The monoisotopic (exact) mass is 254 g/mol. The van der Waals surface area contributed by atoms with Crippen LogP contribution >= 0.6 is 0 Å². The number of rotatable bonds is 4. The maximum absolute atomic E-state index is 11.3. The Hall–Kier alpha value is -2.29. The molecule has 2 aromatic carbocycles. The fourth-order valence-corrected chi connectivity index (χ4v) is 2.00. The molecule has 0 fully saturated rings. The van der Waals surface area contributed by atoms with Crippen LogP contribution in [0.2, 0.25) is 0 Å². The molecule has 19 heavy (non-hydrogen) atoms.